The maximum Gasteiger partial charge on any atom is 0.260 e. The molecule has 2 heterocycles. The standard InChI is InChI=1S/C17H22N4O4/c22-15-5-4-14(17(24)20-15)19-12-2-1-3-13(10-12)25-11-16(23)21-8-6-18-7-9-21/h1-3,10,14,18-19H,4-9,11H2,(H,20,22,24). The summed E-state index contributed by atoms with van der Waals surface area (Å²) in [4.78, 5) is 36.9. The van der Waals surface area contributed by atoms with E-state index < -0.39 is 6.04 Å². The van der Waals surface area contributed by atoms with Crippen LogP contribution in [0.15, 0.2) is 24.3 Å². The Kier molecular flexibility index (Phi) is 5.49. The van der Waals surface area contributed by atoms with E-state index in [-0.39, 0.29) is 24.3 Å². The molecule has 8 nitrogen and oxygen atoms in total. The van der Waals surface area contributed by atoms with Gasteiger partial charge >= 0.3 is 0 Å². The molecule has 8 heteroatoms. The Hall–Kier alpha value is -2.61. The van der Waals surface area contributed by atoms with Gasteiger partial charge in [0.15, 0.2) is 6.61 Å². The van der Waals surface area contributed by atoms with Gasteiger partial charge in [-0.3, -0.25) is 19.7 Å². The number of piperazine rings is 1. The number of carbonyl (C=O) groups is 3. The molecule has 0 aliphatic carbocycles. The third-order valence-electron chi connectivity index (χ3n) is 4.25. The minimum absolute atomic E-state index is 0.0120. The van der Waals surface area contributed by atoms with Gasteiger partial charge in [0.25, 0.3) is 5.91 Å². The number of nitrogens with one attached hydrogen (secondary N) is 3. The lowest BCUT2D eigenvalue weighted by molar-refractivity contribution is -0.134. The third-order valence-corrected chi connectivity index (χ3v) is 4.25. The smallest absolute Gasteiger partial charge is 0.260 e. The number of amides is 3. The van der Waals surface area contributed by atoms with Crippen molar-refractivity contribution in [3.05, 3.63) is 24.3 Å². The van der Waals surface area contributed by atoms with Gasteiger partial charge in [0.05, 0.1) is 0 Å². The number of hydrogen-bond donors (Lipinski definition) is 3. The molecule has 2 aliphatic rings. The second-order valence-corrected chi connectivity index (χ2v) is 6.10. The summed E-state index contributed by atoms with van der Waals surface area (Å²) in [5.41, 5.74) is 0.710. The van der Waals surface area contributed by atoms with Gasteiger partial charge in [-0.05, 0) is 18.6 Å². The van der Waals surface area contributed by atoms with Gasteiger partial charge in [-0.15, -0.1) is 0 Å². The van der Waals surface area contributed by atoms with Gasteiger partial charge in [0.2, 0.25) is 11.8 Å². The van der Waals surface area contributed by atoms with Crippen molar-refractivity contribution < 1.29 is 19.1 Å². The van der Waals surface area contributed by atoms with Crippen molar-refractivity contribution in [2.45, 2.75) is 18.9 Å². The van der Waals surface area contributed by atoms with Crippen LogP contribution in [0.25, 0.3) is 0 Å². The second-order valence-electron chi connectivity index (χ2n) is 6.10. The average molecular weight is 346 g/mol. The number of nitrogens with zero attached hydrogens (tertiary/aromatic N) is 1. The lowest BCUT2D eigenvalue weighted by Crippen LogP contribution is -2.48. The van der Waals surface area contributed by atoms with Crippen LogP contribution in [0.3, 0.4) is 0 Å². The Bertz CT molecular complexity index is 658. The van der Waals surface area contributed by atoms with Crippen LogP contribution in [0.4, 0.5) is 5.69 Å². The third kappa shape index (κ3) is 4.69. The quantitative estimate of drug-likeness (QED) is 0.634. The highest BCUT2D eigenvalue weighted by Gasteiger charge is 2.26. The van der Waals surface area contributed by atoms with Crippen LogP contribution in [0.5, 0.6) is 5.75 Å². The molecule has 0 saturated carbocycles. The fourth-order valence-electron chi connectivity index (χ4n) is 2.86. The summed E-state index contributed by atoms with van der Waals surface area (Å²) in [5.74, 6) is -0.0474. The molecule has 134 valence electrons. The van der Waals surface area contributed by atoms with Gasteiger partial charge < -0.3 is 20.3 Å². The Morgan fingerprint density at radius 3 is 2.84 bits per heavy atom. The number of ether oxygens (including phenoxy) is 1. The first-order valence-electron chi connectivity index (χ1n) is 8.43. The molecule has 0 radical (unpaired) electrons. The molecule has 3 rings (SSSR count). The minimum Gasteiger partial charge on any atom is -0.484 e. The Balaban J connectivity index is 1.53. The van der Waals surface area contributed by atoms with Gasteiger partial charge in [-0.1, -0.05) is 6.07 Å². The summed E-state index contributed by atoms with van der Waals surface area (Å²) in [5, 5.41) is 8.61. The van der Waals surface area contributed by atoms with Crippen LogP contribution in [0, 0.1) is 0 Å². The number of carbonyl (C=O) groups excluding carboxylic acids is 3. The highest BCUT2D eigenvalue weighted by molar-refractivity contribution is 6.01. The summed E-state index contributed by atoms with van der Waals surface area (Å²) < 4.78 is 5.59. The summed E-state index contributed by atoms with van der Waals surface area (Å²) in [6.45, 7) is 2.98. The average Bonchev–Trinajstić information content (AvgIpc) is 2.63. The number of anilines is 1. The maximum atomic E-state index is 12.1. The molecular formula is C17H22N4O4. The van der Waals surface area contributed by atoms with E-state index in [4.69, 9.17) is 4.74 Å². The molecule has 1 atom stereocenters. The van der Waals surface area contributed by atoms with Gasteiger partial charge in [-0.2, -0.15) is 0 Å². The van der Waals surface area contributed by atoms with Crippen molar-refractivity contribution in [3.8, 4) is 5.75 Å². The Morgan fingerprint density at radius 1 is 1.28 bits per heavy atom. The molecule has 0 spiro atoms. The lowest BCUT2D eigenvalue weighted by atomic mass is 10.1. The number of hydrogen-bond acceptors (Lipinski definition) is 6. The lowest BCUT2D eigenvalue weighted by Gasteiger charge is -2.27. The molecule has 1 unspecified atom stereocenters. The fraction of sp³-hybridized carbons (Fsp3) is 0.471. The fourth-order valence-corrected chi connectivity index (χ4v) is 2.86. The minimum atomic E-state index is -0.449. The molecular weight excluding hydrogens is 324 g/mol. The first kappa shape index (κ1) is 17.2. The molecule has 1 aromatic rings. The summed E-state index contributed by atoms with van der Waals surface area (Å²) in [7, 11) is 0. The highest BCUT2D eigenvalue weighted by atomic mass is 16.5. The molecule has 3 amide bonds. The predicted octanol–water partition coefficient (Wildman–Crippen LogP) is -0.286. The molecule has 25 heavy (non-hydrogen) atoms. The number of imide groups is 1. The predicted molar refractivity (Wildman–Crippen MR) is 91.2 cm³/mol. The van der Waals surface area contributed by atoms with Crippen LogP contribution >= 0.6 is 0 Å². The SMILES string of the molecule is O=C1CCC(Nc2cccc(OCC(=O)N3CCNCC3)c2)C(=O)N1. The van der Waals surface area contributed by atoms with Crippen molar-refractivity contribution >= 4 is 23.4 Å². The van der Waals surface area contributed by atoms with Crippen molar-refractivity contribution in [2.24, 2.45) is 0 Å². The molecule has 0 aromatic heterocycles. The van der Waals surface area contributed by atoms with Gasteiger partial charge in [0.1, 0.15) is 11.8 Å². The van der Waals surface area contributed by atoms with E-state index in [0.29, 0.717) is 37.4 Å². The van der Waals surface area contributed by atoms with Crippen LogP contribution in [-0.4, -0.2) is 61.4 Å². The van der Waals surface area contributed by atoms with Crippen LogP contribution in [-0.2, 0) is 14.4 Å². The van der Waals surface area contributed by atoms with Crippen LogP contribution in [0.2, 0.25) is 0 Å². The largest absolute Gasteiger partial charge is 0.484 e. The topological polar surface area (TPSA) is 99.8 Å². The van der Waals surface area contributed by atoms with Crippen LogP contribution in [0.1, 0.15) is 12.8 Å². The molecule has 2 saturated heterocycles. The van der Waals surface area contributed by atoms with E-state index in [0.717, 1.165) is 13.1 Å². The molecule has 3 N–H and O–H groups in total. The summed E-state index contributed by atoms with van der Waals surface area (Å²) >= 11 is 0. The van der Waals surface area contributed by atoms with Crippen molar-refractivity contribution in [3.63, 3.8) is 0 Å². The van der Waals surface area contributed by atoms with E-state index >= 15 is 0 Å². The van der Waals surface area contributed by atoms with E-state index in [1.165, 1.54) is 0 Å². The zero-order valence-corrected chi connectivity index (χ0v) is 13.9. The number of rotatable bonds is 5. The van der Waals surface area contributed by atoms with Gasteiger partial charge in [0, 0.05) is 44.4 Å². The number of piperidine rings is 1. The van der Waals surface area contributed by atoms with Gasteiger partial charge in [-0.25, -0.2) is 0 Å². The monoisotopic (exact) mass is 346 g/mol. The molecule has 0 bridgehead atoms. The first-order valence-corrected chi connectivity index (χ1v) is 8.43. The van der Waals surface area contributed by atoms with Crippen molar-refractivity contribution in [1.29, 1.82) is 0 Å². The summed E-state index contributed by atoms with van der Waals surface area (Å²) in [6, 6.07) is 6.67. The van der Waals surface area contributed by atoms with E-state index in [1.54, 1.807) is 23.1 Å². The Labute approximate surface area is 145 Å². The normalized spacial score (nSPS) is 20.8. The molecule has 1 aromatic carbocycles. The second kappa shape index (κ2) is 7.98. The van der Waals surface area contributed by atoms with Crippen LogP contribution < -0.4 is 20.7 Å². The summed E-state index contributed by atoms with van der Waals surface area (Å²) in [6.07, 6.45) is 0.774. The van der Waals surface area contributed by atoms with Crippen molar-refractivity contribution in [2.75, 3.05) is 38.1 Å². The molecule has 2 fully saturated rings. The highest BCUT2D eigenvalue weighted by Crippen LogP contribution is 2.20. The Morgan fingerprint density at radius 2 is 2.08 bits per heavy atom. The van der Waals surface area contributed by atoms with Crippen molar-refractivity contribution in [1.82, 2.24) is 15.5 Å². The first-order chi connectivity index (χ1) is 12.1. The zero-order chi connectivity index (χ0) is 17.6. The van der Waals surface area contributed by atoms with E-state index in [9.17, 15) is 14.4 Å². The molecule has 2 aliphatic heterocycles. The maximum absolute atomic E-state index is 12.1. The zero-order valence-electron chi connectivity index (χ0n) is 13.9. The number of benzene rings is 1. The van der Waals surface area contributed by atoms with E-state index in [1.807, 2.05) is 6.07 Å². The van der Waals surface area contributed by atoms with E-state index in [2.05, 4.69) is 16.0 Å².